The number of carbonyl (C=O) groups excluding carboxylic acids is 1. The Balaban J connectivity index is 2.73. The normalized spacial score (nSPS) is 9.69. The topological polar surface area (TPSA) is 64.1 Å². The summed E-state index contributed by atoms with van der Waals surface area (Å²) in [6.07, 6.45) is 1.59. The minimum atomic E-state index is -0.163. The van der Waals surface area contributed by atoms with Crippen LogP contribution in [0.15, 0.2) is 12.3 Å². The van der Waals surface area contributed by atoms with E-state index < -0.39 is 0 Å². The molecule has 1 heterocycles. The molecule has 0 aliphatic heterocycles. The lowest BCUT2D eigenvalue weighted by atomic mass is 10.3. The second kappa shape index (κ2) is 4.51. The van der Waals surface area contributed by atoms with Crippen LogP contribution in [0.1, 0.15) is 12.5 Å². The average Bonchev–Trinajstić information content (AvgIpc) is 2.04. The average molecular weight is 181 g/mol. The van der Waals surface area contributed by atoms with Gasteiger partial charge in [0.1, 0.15) is 0 Å². The zero-order valence-corrected chi connectivity index (χ0v) is 7.57. The lowest BCUT2D eigenvalue weighted by Crippen LogP contribution is -2.08. The standard InChI is InChI=1S/C8H11N3O2/c1-6(12)10-8-3-7(5-13-2)4-9-11-8/h3-4H,5H2,1-2H3,(H,10,11,12). The van der Waals surface area contributed by atoms with E-state index in [4.69, 9.17) is 4.74 Å². The summed E-state index contributed by atoms with van der Waals surface area (Å²) in [7, 11) is 1.60. The maximum absolute atomic E-state index is 10.7. The van der Waals surface area contributed by atoms with Gasteiger partial charge in [0.15, 0.2) is 5.82 Å². The van der Waals surface area contributed by atoms with Crippen molar-refractivity contribution < 1.29 is 9.53 Å². The van der Waals surface area contributed by atoms with Crippen molar-refractivity contribution in [1.82, 2.24) is 10.2 Å². The van der Waals surface area contributed by atoms with Crippen molar-refractivity contribution in [3.05, 3.63) is 17.8 Å². The summed E-state index contributed by atoms with van der Waals surface area (Å²) in [6.45, 7) is 1.88. The molecule has 1 aromatic rings. The number of amides is 1. The van der Waals surface area contributed by atoms with E-state index in [-0.39, 0.29) is 5.91 Å². The molecule has 0 saturated carbocycles. The van der Waals surface area contributed by atoms with Crippen LogP contribution in [0.4, 0.5) is 5.82 Å². The summed E-state index contributed by atoms with van der Waals surface area (Å²) in [4.78, 5) is 10.7. The van der Waals surface area contributed by atoms with Crippen molar-refractivity contribution in [2.24, 2.45) is 0 Å². The van der Waals surface area contributed by atoms with Crippen molar-refractivity contribution in [3.8, 4) is 0 Å². The number of ether oxygens (including phenoxy) is 1. The minimum absolute atomic E-state index is 0.163. The molecule has 70 valence electrons. The number of nitrogens with one attached hydrogen (secondary N) is 1. The minimum Gasteiger partial charge on any atom is -0.380 e. The Kier molecular flexibility index (Phi) is 3.33. The number of rotatable bonds is 3. The van der Waals surface area contributed by atoms with Gasteiger partial charge >= 0.3 is 0 Å². The van der Waals surface area contributed by atoms with Crippen molar-refractivity contribution in [3.63, 3.8) is 0 Å². The van der Waals surface area contributed by atoms with Crippen LogP contribution < -0.4 is 5.32 Å². The number of methoxy groups -OCH3 is 1. The van der Waals surface area contributed by atoms with Crippen LogP contribution in [-0.2, 0) is 16.1 Å². The molecule has 0 fully saturated rings. The van der Waals surface area contributed by atoms with E-state index in [9.17, 15) is 4.79 Å². The molecule has 0 spiro atoms. The third-order valence-corrected chi connectivity index (χ3v) is 1.33. The molecule has 5 heteroatoms. The van der Waals surface area contributed by atoms with Crippen LogP contribution in [0.5, 0.6) is 0 Å². The fraction of sp³-hybridized carbons (Fsp3) is 0.375. The monoisotopic (exact) mass is 181 g/mol. The third kappa shape index (κ3) is 3.16. The van der Waals surface area contributed by atoms with E-state index in [0.29, 0.717) is 12.4 Å². The molecular formula is C8H11N3O2. The van der Waals surface area contributed by atoms with Crippen LogP contribution in [0.2, 0.25) is 0 Å². The van der Waals surface area contributed by atoms with E-state index in [1.54, 1.807) is 19.4 Å². The molecule has 0 aliphatic rings. The molecule has 0 aromatic carbocycles. The summed E-state index contributed by atoms with van der Waals surface area (Å²) < 4.78 is 4.91. The molecule has 13 heavy (non-hydrogen) atoms. The van der Waals surface area contributed by atoms with Crippen molar-refractivity contribution in [2.75, 3.05) is 12.4 Å². The second-order valence-electron chi connectivity index (χ2n) is 2.56. The van der Waals surface area contributed by atoms with E-state index in [2.05, 4.69) is 15.5 Å². The summed E-state index contributed by atoms with van der Waals surface area (Å²) in [5.74, 6) is 0.283. The van der Waals surface area contributed by atoms with Gasteiger partial charge in [-0.3, -0.25) is 4.79 Å². The van der Waals surface area contributed by atoms with Crippen molar-refractivity contribution in [1.29, 1.82) is 0 Å². The highest BCUT2D eigenvalue weighted by Gasteiger charge is 1.99. The molecule has 1 N–H and O–H groups in total. The van der Waals surface area contributed by atoms with E-state index in [1.807, 2.05) is 0 Å². The van der Waals surface area contributed by atoms with Gasteiger partial charge in [-0.05, 0) is 6.07 Å². The molecule has 1 amide bonds. The number of nitrogens with zero attached hydrogens (tertiary/aromatic N) is 2. The predicted molar refractivity (Wildman–Crippen MR) is 47.0 cm³/mol. The molecule has 0 radical (unpaired) electrons. The summed E-state index contributed by atoms with van der Waals surface area (Å²) in [5.41, 5.74) is 0.876. The van der Waals surface area contributed by atoms with Gasteiger partial charge in [-0.2, -0.15) is 5.10 Å². The molecule has 0 saturated heterocycles. The van der Waals surface area contributed by atoms with Crippen LogP contribution in [-0.4, -0.2) is 23.2 Å². The van der Waals surface area contributed by atoms with Crippen molar-refractivity contribution in [2.45, 2.75) is 13.5 Å². The molecule has 1 rings (SSSR count). The number of anilines is 1. The SMILES string of the molecule is COCc1cnnc(NC(C)=O)c1. The van der Waals surface area contributed by atoms with Crippen molar-refractivity contribution >= 4 is 11.7 Å². The Morgan fingerprint density at radius 2 is 2.46 bits per heavy atom. The number of aromatic nitrogens is 2. The quantitative estimate of drug-likeness (QED) is 0.740. The van der Waals surface area contributed by atoms with Crippen LogP contribution in [0.3, 0.4) is 0 Å². The molecule has 1 aromatic heterocycles. The lowest BCUT2D eigenvalue weighted by Gasteiger charge is -2.02. The highest BCUT2D eigenvalue weighted by molar-refractivity contribution is 5.87. The first-order chi connectivity index (χ1) is 6.22. The molecule has 0 bridgehead atoms. The summed E-state index contributed by atoms with van der Waals surface area (Å²) in [5, 5.41) is 9.97. The zero-order valence-electron chi connectivity index (χ0n) is 7.57. The molecule has 0 unspecified atom stereocenters. The Bertz CT molecular complexity index is 301. The first-order valence-corrected chi connectivity index (χ1v) is 3.80. The predicted octanol–water partition coefficient (Wildman–Crippen LogP) is 0.581. The number of hydrogen-bond acceptors (Lipinski definition) is 4. The van der Waals surface area contributed by atoms with E-state index in [0.717, 1.165) is 5.56 Å². The van der Waals surface area contributed by atoms with Gasteiger partial charge in [-0.15, -0.1) is 5.10 Å². The van der Waals surface area contributed by atoms with Crippen LogP contribution in [0.25, 0.3) is 0 Å². The number of carbonyl (C=O) groups is 1. The van der Waals surface area contributed by atoms with Crippen LogP contribution in [0, 0.1) is 0 Å². The van der Waals surface area contributed by atoms with Gasteiger partial charge < -0.3 is 10.1 Å². The first-order valence-electron chi connectivity index (χ1n) is 3.80. The highest BCUT2D eigenvalue weighted by atomic mass is 16.5. The maximum Gasteiger partial charge on any atom is 0.222 e. The number of hydrogen-bond donors (Lipinski definition) is 1. The summed E-state index contributed by atoms with van der Waals surface area (Å²) in [6, 6.07) is 1.72. The van der Waals surface area contributed by atoms with E-state index in [1.165, 1.54) is 6.92 Å². The van der Waals surface area contributed by atoms with Gasteiger partial charge in [0.05, 0.1) is 12.8 Å². The van der Waals surface area contributed by atoms with Gasteiger partial charge in [-0.25, -0.2) is 0 Å². The highest BCUT2D eigenvalue weighted by Crippen LogP contribution is 2.05. The zero-order chi connectivity index (χ0) is 9.68. The second-order valence-corrected chi connectivity index (χ2v) is 2.56. The fourth-order valence-electron chi connectivity index (χ4n) is 0.894. The maximum atomic E-state index is 10.7. The molecule has 5 nitrogen and oxygen atoms in total. The summed E-state index contributed by atoms with van der Waals surface area (Å²) >= 11 is 0. The molecule has 0 atom stereocenters. The van der Waals surface area contributed by atoms with Crippen LogP contribution >= 0.6 is 0 Å². The Hall–Kier alpha value is -1.49. The molecule has 0 aliphatic carbocycles. The fourth-order valence-corrected chi connectivity index (χ4v) is 0.894. The third-order valence-electron chi connectivity index (χ3n) is 1.33. The van der Waals surface area contributed by atoms with Gasteiger partial charge in [0, 0.05) is 19.6 Å². The van der Waals surface area contributed by atoms with E-state index >= 15 is 0 Å². The Morgan fingerprint density at radius 3 is 3.08 bits per heavy atom. The smallest absolute Gasteiger partial charge is 0.222 e. The Labute approximate surface area is 76.1 Å². The Morgan fingerprint density at radius 1 is 1.69 bits per heavy atom. The molecular weight excluding hydrogens is 170 g/mol. The lowest BCUT2D eigenvalue weighted by molar-refractivity contribution is -0.114. The van der Waals surface area contributed by atoms with Gasteiger partial charge in [0.2, 0.25) is 5.91 Å². The van der Waals surface area contributed by atoms with Gasteiger partial charge in [0.25, 0.3) is 0 Å². The largest absolute Gasteiger partial charge is 0.380 e. The van der Waals surface area contributed by atoms with Gasteiger partial charge in [-0.1, -0.05) is 0 Å². The first kappa shape index (κ1) is 9.60.